The second-order valence-electron chi connectivity index (χ2n) is 5.62. The zero-order valence-corrected chi connectivity index (χ0v) is 15.3. The summed E-state index contributed by atoms with van der Waals surface area (Å²) in [5.41, 5.74) is 1.01. The van der Waals surface area contributed by atoms with Gasteiger partial charge in [0.15, 0.2) is 5.13 Å². The number of rotatable bonds is 9. The first-order valence-electron chi connectivity index (χ1n) is 8.20. The molecule has 1 heterocycles. The maximum atomic E-state index is 12.3. The van der Waals surface area contributed by atoms with Crippen molar-refractivity contribution in [3.05, 3.63) is 47.0 Å². The van der Waals surface area contributed by atoms with Gasteiger partial charge in [-0.1, -0.05) is 37.3 Å². The Bertz CT molecular complexity index is 688. The molecular weight excluding hydrogens is 338 g/mol. The van der Waals surface area contributed by atoms with Crippen LogP contribution < -0.4 is 5.32 Å². The number of hydrogen-bond acceptors (Lipinski definition) is 5. The Hall–Kier alpha value is -2.25. The maximum absolute atomic E-state index is 12.3. The van der Waals surface area contributed by atoms with Crippen molar-refractivity contribution >= 4 is 28.3 Å². The summed E-state index contributed by atoms with van der Waals surface area (Å²) in [6.07, 6.45) is 2.47. The van der Waals surface area contributed by atoms with E-state index >= 15 is 0 Å². The van der Waals surface area contributed by atoms with E-state index in [9.17, 15) is 9.59 Å². The molecule has 0 saturated carbocycles. The highest BCUT2D eigenvalue weighted by Crippen LogP contribution is 2.16. The number of nitrogens with zero attached hydrogens (tertiary/aromatic N) is 2. The van der Waals surface area contributed by atoms with E-state index in [1.54, 1.807) is 6.20 Å². The van der Waals surface area contributed by atoms with Crippen LogP contribution in [-0.4, -0.2) is 41.4 Å². The largest absolute Gasteiger partial charge is 0.367 e. The fraction of sp³-hybridized carbons (Fsp3) is 0.389. The predicted molar refractivity (Wildman–Crippen MR) is 98.4 cm³/mol. The number of thiazole rings is 1. The molecule has 7 heteroatoms. The fourth-order valence-corrected chi connectivity index (χ4v) is 2.91. The molecule has 0 fully saturated rings. The highest BCUT2D eigenvalue weighted by Gasteiger charge is 2.17. The minimum Gasteiger partial charge on any atom is -0.367 e. The van der Waals surface area contributed by atoms with Gasteiger partial charge < -0.3 is 15.0 Å². The summed E-state index contributed by atoms with van der Waals surface area (Å²) in [6.45, 7) is 4.73. The van der Waals surface area contributed by atoms with Crippen LogP contribution in [-0.2, 0) is 20.9 Å². The predicted octanol–water partition coefficient (Wildman–Crippen LogP) is 2.85. The van der Waals surface area contributed by atoms with E-state index in [2.05, 4.69) is 10.3 Å². The minimum atomic E-state index is -0.251. The van der Waals surface area contributed by atoms with Crippen LogP contribution in [0.3, 0.4) is 0 Å². The molecule has 2 aromatic rings. The van der Waals surface area contributed by atoms with Gasteiger partial charge in [0.2, 0.25) is 11.8 Å². The highest BCUT2D eigenvalue weighted by atomic mass is 32.1. The third-order valence-electron chi connectivity index (χ3n) is 3.39. The quantitative estimate of drug-likeness (QED) is 0.745. The van der Waals surface area contributed by atoms with Crippen molar-refractivity contribution in [3.8, 4) is 0 Å². The highest BCUT2D eigenvalue weighted by molar-refractivity contribution is 7.15. The van der Waals surface area contributed by atoms with Crippen LogP contribution >= 0.6 is 11.3 Å². The summed E-state index contributed by atoms with van der Waals surface area (Å²) < 4.78 is 5.48. The van der Waals surface area contributed by atoms with Crippen LogP contribution in [0, 0.1) is 6.92 Å². The summed E-state index contributed by atoms with van der Waals surface area (Å²) in [7, 11) is 0. The van der Waals surface area contributed by atoms with Gasteiger partial charge in [-0.25, -0.2) is 4.98 Å². The molecule has 25 heavy (non-hydrogen) atoms. The summed E-state index contributed by atoms with van der Waals surface area (Å²) in [5.74, 6) is -0.442. The molecule has 0 radical (unpaired) electrons. The second kappa shape index (κ2) is 9.90. The number of aryl methyl sites for hydroxylation is 1. The number of anilines is 1. The van der Waals surface area contributed by atoms with E-state index in [4.69, 9.17) is 4.74 Å². The summed E-state index contributed by atoms with van der Waals surface area (Å²) in [4.78, 5) is 31.1. The molecule has 0 aliphatic heterocycles. The molecule has 0 unspecified atom stereocenters. The Balaban J connectivity index is 1.81. The van der Waals surface area contributed by atoms with Crippen molar-refractivity contribution in [1.82, 2.24) is 9.88 Å². The van der Waals surface area contributed by atoms with E-state index in [1.807, 2.05) is 44.2 Å². The van der Waals surface area contributed by atoms with Gasteiger partial charge >= 0.3 is 0 Å². The molecule has 0 aliphatic carbocycles. The van der Waals surface area contributed by atoms with E-state index in [1.165, 1.54) is 16.2 Å². The van der Waals surface area contributed by atoms with Crippen LogP contribution in [0.2, 0.25) is 0 Å². The molecule has 0 atom stereocenters. The van der Waals surface area contributed by atoms with Gasteiger partial charge in [-0.3, -0.25) is 9.59 Å². The Morgan fingerprint density at radius 2 is 2.04 bits per heavy atom. The van der Waals surface area contributed by atoms with Crippen LogP contribution in [0.4, 0.5) is 5.13 Å². The molecule has 0 spiro atoms. The van der Waals surface area contributed by atoms with Gasteiger partial charge in [0.25, 0.3) is 0 Å². The molecule has 2 rings (SSSR count). The molecule has 6 nitrogen and oxygen atoms in total. The third kappa shape index (κ3) is 6.64. The van der Waals surface area contributed by atoms with Crippen molar-refractivity contribution in [1.29, 1.82) is 0 Å². The topological polar surface area (TPSA) is 71.5 Å². The van der Waals surface area contributed by atoms with Gasteiger partial charge in [0.1, 0.15) is 6.61 Å². The fourth-order valence-electron chi connectivity index (χ4n) is 2.23. The molecule has 134 valence electrons. The zero-order chi connectivity index (χ0) is 18.1. The summed E-state index contributed by atoms with van der Waals surface area (Å²) in [5, 5.41) is 3.27. The number of ether oxygens (including phenoxy) is 1. The molecule has 1 N–H and O–H groups in total. The SMILES string of the molecule is CCCN(CC(=O)Nc1ncc(C)s1)C(=O)COCc1ccccc1. The van der Waals surface area contributed by atoms with Crippen molar-refractivity contribution in [2.45, 2.75) is 26.9 Å². The number of aromatic nitrogens is 1. The molecular formula is C18H23N3O3S. The third-order valence-corrected chi connectivity index (χ3v) is 4.21. The Morgan fingerprint density at radius 3 is 2.68 bits per heavy atom. The Kier molecular flexibility index (Phi) is 7.56. The lowest BCUT2D eigenvalue weighted by molar-refractivity contribution is -0.139. The van der Waals surface area contributed by atoms with Gasteiger partial charge in [-0.15, -0.1) is 11.3 Å². The smallest absolute Gasteiger partial charge is 0.249 e. The maximum Gasteiger partial charge on any atom is 0.249 e. The van der Waals surface area contributed by atoms with E-state index in [0.717, 1.165) is 16.9 Å². The lowest BCUT2D eigenvalue weighted by Crippen LogP contribution is -2.40. The van der Waals surface area contributed by atoms with E-state index in [-0.39, 0.29) is 25.0 Å². The van der Waals surface area contributed by atoms with Crippen LogP contribution in [0.5, 0.6) is 0 Å². The normalized spacial score (nSPS) is 10.5. The van der Waals surface area contributed by atoms with Crippen molar-refractivity contribution < 1.29 is 14.3 Å². The number of nitrogens with one attached hydrogen (secondary N) is 1. The lowest BCUT2D eigenvalue weighted by atomic mass is 10.2. The molecule has 0 saturated heterocycles. The molecule has 1 aromatic carbocycles. The summed E-state index contributed by atoms with van der Waals surface area (Å²) >= 11 is 1.41. The number of hydrogen-bond donors (Lipinski definition) is 1. The number of carbonyl (C=O) groups is 2. The van der Waals surface area contributed by atoms with E-state index < -0.39 is 0 Å². The van der Waals surface area contributed by atoms with Crippen LogP contribution in [0.15, 0.2) is 36.5 Å². The molecule has 2 amide bonds. The minimum absolute atomic E-state index is 0.00000205. The lowest BCUT2D eigenvalue weighted by Gasteiger charge is -2.21. The Labute approximate surface area is 151 Å². The standard InChI is InChI=1S/C18H23N3O3S/c1-3-9-21(11-16(22)20-18-19-10-14(2)25-18)17(23)13-24-12-15-7-5-4-6-8-15/h4-8,10H,3,9,11-13H2,1-2H3,(H,19,20,22). The first-order chi connectivity index (χ1) is 12.1. The van der Waals surface area contributed by atoms with Gasteiger partial charge in [0.05, 0.1) is 13.2 Å². The van der Waals surface area contributed by atoms with Gasteiger partial charge in [-0.05, 0) is 18.9 Å². The molecule has 0 bridgehead atoms. The number of amides is 2. The van der Waals surface area contributed by atoms with Crippen molar-refractivity contribution in [2.75, 3.05) is 25.0 Å². The number of benzene rings is 1. The van der Waals surface area contributed by atoms with Gasteiger partial charge in [0, 0.05) is 17.6 Å². The van der Waals surface area contributed by atoms with E-state index in [0.29, 0.717) is 18.3 Å². The van der Waals surface area contributed by atoms with Crippen molar-refractivity contribution in [2.24, 2.45) is 0 Å². The average molecular weight is 361 g/mol. The molecule has 0 aliphatic rings. The van der Waals surface area contributed by atoms with Crippen molar-refractivity contribution in [3.63, 3.8) is 0 Å². The van der Waals surface area contributed by atoms with Crippen LogP contribution in [0.25, 0.3) is 0 Å². The average Bonchev–Trinajstić information content (AvgIpc) is 3.00. The molecule has 1 aromatic heterocycles. The first kappa shape index (κ1) is 19.1. The number of carbonyl (C=O) groups excluding carboxylic acids is 2. The Morgan fingerprint density at radius 1 is 1.28 bits per heavy atom. The first-order valence-corrected chi connectivity index (χ1v) is 9.02. The van der Waals surface area contributed by atoms with Crippen LogP contribution in [0.1, 0.15) is 23.8 Å². The zero-order valence-electron chi connectivity index (χ0n) is 14.5. The summed E-state index contributed by atoms with van der Waals surface area (Å²) in [6, 6.07) is 9.67. The monoisotopic (exact) mass is 361 g/mol. The second-order valence-corrected chi connectivity index (χ2v) is 6.85. The van der Waals surface area contributed by atoms with Gasteiger partial charge in [-0.2, -0.15) is 0 Å².